The van der Waals surface area contributed by atoms with Crippen LogP contribution in [0.4, 0.5) is 17.5 Å². The SMILES string of the molecule is [C-]#[N+]c1ccc(CNC(=O)[C@@H](CC2CCCCC2)Nc2cc(-n3cccc3)nc(NCc3ccc(C(=O)OC)cc3)n2)cc1. The Kier molecular flexibility index (Phi) is 10.2. The fourth-order valence-electron chi connectivity index (χ4n) is 5.43. The summed E-state index contributed by atoms with van der Waals surface area (Å²) >= 11 is 0. The smallest absolute Gasteiger partial charge is 0.337 e. The number of ether oxygens (including phenoxy) is 1. The van der Waals surface area contributed by atoms with Gasteiger partial charge in [0.2, 0.25) is 11.9 Å². The number of benzene rings is 2. The Bertz CT molecular complexity index is 1570. The molecular weight excluding hydrogens is 554 g/mol. The van der Waals surface area contributed by atoms with Gasteiger partial charge in [-0.25, -0.2) is 9.64 Å². The number of hydrogen-bond acceptors (Lipinski definition) is 7. The minimum Gasteiger partial charge on any atom is -0.465 e. The van der Waals surface area contributed by atoms with E-state index in [9.17, 15) is 9.59 Å². The van der Waals surface area contributed by atoms with E-state index >= 15 is 0 Å². The molecule has 2 heterocycles. The van der Waals surface area contributed by atoms with E-state index in [2.05, 4.69) is 20.8 Å². The molecule has 0 unspecified atom stereocenters. The molecule has 0 aliphatic heterocycles. The lowest BCUT2D eigenvalue weighted by Crippen LogP contribution is -2.41. The van der Waals surface area contributed by atoms with Crippen LogP contribution in [0.25, 0.3) is 10.7 Å². The monoisotopic (exact) mass is 591 g/mol. The summed E-state index contributed by atoms with van der Waals surface area (Å²) in [7, 11) is 1.36. The molecular formula is C34H37N7O3. The van der Waals surface area contributed by atoms with Gasteiger partial charge in [-0.3, -0.25) is 4.79 Å². The molecule has 1 aliphatic carbocycles. The average molecular weight is 592 g/mol. The van der Waals surface area contributed by atoms with E-state index in [1.165, 1.54) is 26.4 Å². The van der Waals surface area contributed by atoms with Gasteiger partial charge in [-0.15, -0.1) is 0 Å². The number of esters is 1. The number of nitrogens with zero attached hydrogens (tertiary/aromatic N) is 4. The van der Waals surface area contributed by atoms with Gasteiger partial charge < -0.3 is 25.3 Å². The first-order chi connectivity index (χ1) is 21.5. The fourth-order valence-corrected chi connectivity index (χ4v) is 5.43. The van der Waals surface area contributed by atoms with Crippen LogP contribution in [0.3, 0.4) is 0 Å². The highest BCUT2D eigenvalue weighted by molar-refractivity contribution is 5.89. The molecule has 0 spiro atoms. The van der Waals surface area contributed by atoms with Crippen LogP contribution >= 0.6 is 0 Å². The molecule has 4 aromatic rings. The average Bonchev–Trinajstić information content (AvgIpc) is 3.62. The molecule has 3 N–H and O–H groups in total. The lowest BCUT2D eigenvalue weighted by atomic mass is 9.84. The molecule has 5 rings (SSSR count). The predicted molar refractivity (Wildman–Crippen MR) is 170 cm³/mol. The van der Waals surface area contributed by atoms with Crippen LogP contribution in [-0.2, 0) is 22.6 Å². The van der Waals surface area contributed by atoms with Crippen molar-refractivity contribution in [1.82, 2.24) is 19.9 Å². The third-order valence-electron chi connectivity index (χ3n) is 7.87. The minimum atomic E-state index is -0.480. The van der Waals surface area contributed by atoms with Gasteiger partial charge in [0, 0.05) is 31.5 Å². The van der Waals surface area contributed by atoms with Crippen LogP contribution in [0.5, 0.6) is 0 Å². The number of nitrogens with one attached hydrogen (secondary N) is 3. The number of methoxy groups -OCH3 is 1. The van der Waals surface area contributed by atoms with Crippen molar-refractivity contribution in [3.05, 3.63) is 107 Å². The van der Waals surface area contributed by atoms with Gasteiger partial charge in [-0.2, -0.15) is 9.97 Å². The number of carbonyl (C=O) groups excluding carboxylic acids is 2. The molecule has 1 fully saturated rings. The second-order valence-corrected chi connectivity index (χ2v) is 11.0. The molecule has 0 saturated heterocycles. The number of rotatable bonds is 12. The van der Waals surface area contributed by atoms with Crippen LogP contribution in [0, 0.1) is 12.5 Å². The number of aromatic nitrogens is 3. The second-order valence-electron chi connectivity index (χ2n) is 11.0. The summed E-state index contributed by atoms with van der Waals surface area (Å²) in [6.07, 6.45) is 10.4. The lowest BCUT2D eigenvalue weighted by Gasteiger charge is -2.27. The van der Waals surface area contributed by atoms with E-state index in [1.807, 2.05) is 59.4 Å². The number of hydrogen-bond donors (Lipinski definition) is 3. The highest BCUT2D eigenvalue weighted by Crippen LogP contribution is 2.28. The van der Waals surface area contributed by atoms with Gasteiger partial charge in [0.15, 0.2) is 5.69 Å². The summed E-state index contributed by atoms with van der Waals surface area (Å²) in [6, 6.07) is 19.6. The van der Waals surface area contributed by atoms with Gasteiger partial charge in [0.1, 0.15) is 17.7 Å². The van der Waals surface area contributed by atoms with Crippen molar-refractivity contribution in [2.75, 3.05) is 17.7 Å². The third-order valence-corrected chi connectivity index (χ3v) is 7.87. The third kappa shape index (κ3) is 8.22. The number of amides is 1. The van der Waals surface area contributed by atoms with Gasteiger partial charge in [0.25, 0.3) is 0 Å². The molecule has 0 bridgehead atoms. The van der Waals surface area contributed by atoms with Crippen molar-refractivity contribution >= 4 is 29.3 Å². The van der Waals surface area contributed by atoms with E-state index in [0.29, 0.717) is 54.3 Å². The van der Waals surface area contributed by atoms with Crippen molar-refractivity contribution in [1.29, 1.82) is 0 Å². The zero-order chi connectivity index (χ0) is 30.7. The van der Waals surface area contributed by atoms with Gasteiger partial charge in [0.05, 0.1) is 19.2 Å². The van der Waals surface area contributed by atoms with Crippen molar-refractivity contribution in [3.63, 3.8) is 0 Å². The quantitative estimate of drug-likeness (QED) is 0.131. The molecule has 10 heteroatoms. The second kappa shape index (κ2) is 14.8. The van der Waals surface area contributed by atoms with Crippen molar-refractivity contribution in [3.8, 4) is 5.82 Å². The maximum atomic E-state index is 13.6. The Balaban J connectivity index is 1.34. The number of anilines is 2. The van der Waals surface area contributed by atoms with E-state index < -0.39 is 6.04 Å². The molecule has 2 aromatic carbocycles. The maximum Gasteiger partial charge on any atom is 0.337 e. The standard InChI is InChI=1S/C34H37N7O3/c1-35-28-16-12-26(13-17-28)22-36-32(42)29(20-24-8-4-3-5-9-24)38-30-21-31(41-18-6-7-19-41)40-34(39-30)37-23-25-10-14-27(15-11-25)33(43)44-2/h6-7,10-19,21,24,29H,3-5,8-9,20,22-23H2,2H3,(H,36,42)(H2,37,38,39,40)/t29-/m1/s1. The summed E-state index contributed by atoms with van der Waals surface area (Å²) in [5, 5.41) is 9.82. The molecule has 2 aromatic heterocycles. The largest absolute Gasteiger partial charge is 0.465 e. The molecule has 10 nitrogen and oxygen atoms in total. The van der Waals surface area contributed by atoms with Crippen LogP contribution < -0.4 is 16.0 Å². The zero-order valence-corrected chi connectivity index (χ0v) is 24.8. The minimum absolute atomic E-state index is 0.0915. The normalized spacial score (nSPS) is 13.8. The first kappa shape index (κ1) is 30.3. The molecule has 226 valence electrons. The summed E-state index contributed by atoms with van der Waals surface area (Å²) in [5.41, 5.74) is 2.93. The highest BCUT2D eigenvalue weighted by atomic mass is 16.5. The van der Waals surface area contributed by atoms with E-state index in [0.717, 1.165) is 24.0 Å². The lowest BCUT2D eigenvalue weighted by molar-refractivity contribution is -0.122. The number of carbonyl (C=O) groups is 2. The summed E-state index contributed by atoms with van der Waals surface area (Å²) < 4.78 is 6.68. The molecule has 1 saturated carbocycles. The highest BCUT2D eigenvalue weighted by Gasteiger charge is 2.25. The van der Waals surface area contributed by atoms with Crippen molar-refractivity contribution in [2.45, 2.75) is 57.7 Å². The summed E-state index contributed by atoms with van der Waals surface area (Å²) in [5.74, 6) is 1.60. The van der Waals surface area contributed by atoms with E-state index in [1.54, 1.807) is 24.3 Å². The van der Waals surface area contributed by atoms with E-state index in [4.69, 9.17) is 21.3 Å². The van der Waals surface area contributed by atoms with Crippen LogP contribution in [0.1, 0.15) is 60.0 Å². The molecule has 0 radical (unpaired) electrons. The molecule has 1 atom stereocenters. The first-order valence-corrected chi connectivity index (χ1v) is 14.9. The molecule has 1 aliphatic rings. The maximum absolute atomic E-state index is 13.6. The molecule has 1 amide bonds. The Morgan fingerprint density at radius 1 is 0.977 bits per heavy atom. The Labute approximate surface area is 257 Å². The van der Waals surface area contributed by atoms with Crippen molar-refractivity contribution in [2.24, 2.45) is 5.92 Å². The summed E-state index contributed by atoms with van der Waals surface area (Å²) in [6.45, 7) is 7.97. The Morgan fingerprint density at radius 3 is 2.34 bits per heavy atom. The van der Waals surface area contributed by atoms with Gasteiger partial charge in [-0.1, -0.05) is 68.5 Å². The first-order valence-electron chi connectivity index (χ1n) is 14.9. The van der Waals surface area contributed by atoms with Gasteiger partial charge in [-0.05, 0) is 47.7 Å². The fraction of sp³-hybridized carbons (Fsp3) is 0.324. The Morgan fingerprint density at radius 2 is 1.66 bits per heavy atom. The van der Waals surface area contributed by atoms with Crippen molar-refractivity contribution < 1.29 is 14.3 Å². The van der Waals surface area contributed by atoms with Crippen LogP contribution in [0.2, 0.25) is 0 Å². The topological polar surface area (TPSA) is 115 Å². The van der Waals surface area contributed by atoms with Crippen LogP contribution in [-0.4, -0.2) is 39.6 Å². The van der Waals surface area contributed by atoms with Crippen LogP contribution in [0.15, 0.2) is 79.1 Å². The Hall–Kier alpha value is -5.17. The van der Waals surface area contributed by atoms with Gasteiger partial charge >= 0.3 is 5.97 Å². The molecule has 44 heavy (non-hydrogen) atoms. The van der Waals surface area contributed by atoms with E-state index in [-0.39, 0.29) is 11.9 Å². The zero-order valence-electron chi connectivity index (χ0n) is 24.8. The predicted octanol–water partition coefficient (Wildman–Crippen LogP) is 6.28. The summed E-state index contributed by atoms with van der Waals surface area (Å²) in [4.78, 5) is 38.3.